The third-order valence-corrected chi connectivity index (χ3v) is 9.38. The monoisotopic (exact) mass is 627 g/mol. The van der Waals surface area contributed by atoms with Crippen LogP contribution in [-0.2, 0) is 26.2 Å². The molecule has 0 saturated heterocycles. The molecule has 4 aromatic carbocycles. The SMILES string of the molecule is CC[C@H](C)NC(=O)[C@@H](C)N(Cc1cccc(C)c1)C(=O)CN(c1ccc(Oc2ccccc2)cc1)S(=O)(=O)c1ccc(C)cc1. The van der Waals surface area contributed by atoms with E-state index in [2.05, 4.69) is 5.32 Å². The van der Waals surface area contributed by atoms with Gasteiger partial charge in [0.15, 0.2) is 0 Å². The zero-order chi connectivity index (χ0) is 32.6. The molecule has 8 nitrogen and oxygen atoms in total. The largest absolute Gasteiger partial charge is 0.457 e. The fraction of sp³-hybridized carbons (Fsp3) is 0.278. The minimum Gasteiger partial charge on any atom is -0.457 e. The van der Waals surface area contributed by atoms with Crippen molar-refractivity contribution in [1.82, 2.24) is 10.2 Å². The number of hydrogen-bond donors (Lipinski definition) is 1. The van der Waals surface area contributed by atoms with Crippen molar-refractivity contribution in [2.75, 3.05) is 10.8 Å². The van der Waals surface area contributed by atoms with E-state index < -0.39 is 28.5 Å². The van der Waals surface area contributed by atoms with E-state index in [4.69, 9.17) is 4.74 Å². The average molecular weight is 628 g/mol. The number of aryl methyl sites for hydroxylation is 2. The Morgan fingerprint density at radius 2 is 1.44 bits per heavy atom. The highest BCUT2D eigenvalue weighted by molar-refractivity contribution is 7.92. The van der Waals surface area contributed by atoms with Gasteiger partial charge in [0.1, 0.15) is 24.1 Å². The van der Waals surface area contributed by atoms with Crippen LogP contribution < -0.4 is 14.4 Å². The summed E-state index contributed by atoms with van der Waals surface area (Å²) in [4.78, 5) is 28.9. The summed E-state index contributed by atoms with van der Waals surface area (Å²) < 4.78 is 35.2. The van der Waals surface area contributed by atoms with Crippen molar-refractivity contribution in [3.63, 3.8) is 0 Å². The van der Waals surface area contributed by atoms with Gasteiger partial charge in [-0.25, -0.2) is 8.42 Å². The lowest BCUT2D eigenvalue weighted by molar-refractivity contribution is -0.139. The van der Waals surface area contributed by atoms with Crippen LogP contribution in [0.4, 0.5) is 5.69 Å². The molecular weight excluding hydrogens is 586 g/mol. The van der Waals surface area contributed by atoms with E-state index in [0.29, 0.717) is 11.5 Å². The van der Waals surface area contributed by atoms with Gasteiger partial charge in [-0.1, -0.05) is 72.6 Å². The van der Waals surface area contributed by atoms with E-state index >= 15 is 0 Å². The number of para-hydroxylation sites is 1. The molecule has 0 spiro atoms. The number of anilines is 1. The zero-order valence-electron chi connectivity index (χ0n) is 26.4. The van der Waals surface area contributed by atoms with E-state index in [1.807, 2.05) is 82.3 Å². The van der Waals surface area contributed by atoms with Crippen LogP contribution >= 0.6 is 0 Å². The third kappa shape index (κ3) is 8.73. The number of carbonyl (C=O) groups excluding carboxylic acids is 2. The summed E-state index contributed by atoms with van der Waals surface area (Å²) in [5.74, 6) is 0.339. The van der Waals surface area contributed by atoms with E-state index in [9.17, 15) is 18.0 Å². The molecule has 45 heavy (non-hydrogen) atoms. The first kappa shape index (κ1) is 33.3. The molecule has 0 fully saturated rings. The highest BCUT2D eigenvalue weighted by atomic mass is 32.2. The molecule has 0 bridgehead atoms. The van der Waals surface area contributed by atoms with E-state index in [0.717, 1.165) is 27.4 Å². The van der Waals surface area contributed by atoms with Crippen LogP contribution in [0.2, 0.25) is 0 Å². The molecule has 0 unspecified atom stereocenters. The molecule has 236 valence electrons. The Kier molecular flexibility index (Phi) is 11.0. The number of carbonyl (C=O) groups is 2. The standard InChI is InChI=1S/C36H41N3O5S/c1-6-28(4)37-36(41)29(5)38(24-30-12-10-11-27(3)23-30)35(40)25-39(45(42,43)34-21-15-26(2)16-22-34)31-17-19-33(20-18-31)44-32-13-8-7-9-14-32/h7-23,28-29H,6,24-25H2,1-5H3,(H,37,41)/t28-,29+/m0/s1. The van der Waals surface area contributed by atoms with Gasteiger partial charge in [0.25, 0.3) is 10.0 Å². The number of ether oxygens (including phenoxy) is 1. The fourth-order valence-electron chi connectivity index (χ4n) is 4.73. The Balaban J connectivity index is 1.70. The lowest BCUT2D eigenvalue weighted by Crippen LogP contribution is -2.52. The van der Waals surface area contributed by atoms with Crippen molar-refractivity contribution in [2.45, 2.75) is 64.6 Å². The quantitative estimate of drug-likeness (QED) is 0.180. The van der Waals surface area contributed by atoms with Gasteiger partial charge >= 0.3 is 0 Å². The molecule has 0 saturated carbocycles. The number of amides is 2. The number of hydrogen-bond acceptors (Lipinski definition) is 5. The van der Waals surface area contributed by atoms with Gasteiger partial charge in [-0.05, 0) is 88.2 Å². The van der Waals surface area contributed by atoms with E-state index in [1.54, 1.807) is 43.3 Å². The van der Waals surface area contributed by atoms with E-state index in [1.165, 1.54) is 17.0 Å². The Labute approximate surface area is 266 Å². The smallest absolute Gasteiger partial charge is 0.264 e. The second-order valence-corrected chi connectivity index (χ2v) is 13.1. The summed E-state index contributed by atoms with van der Waals surface area (Å²) in [7, 11) is -4.18. The maximum Gasteiger partial charge on any atom is 0.264 e. The van der Waals surface area contributed by atoms with Gasteiger partial charge < -0.3 is 15.0 Å². The Morgan fingerprint density at radius 1 is 0.800 bits per heavy atom. The first-order valence-corrected chi connectivity index (χ1v) is 16.5. The molecular formula is C36H41N3O5S. The van der Waals surface area contributed by atoms with Crippen molar-refractivity contribution in [3.8, 4) is 11.5 Å². The van der Waals surface area contributed by atoms with Crippen molar-refractivity contribution in [1.29, 1.82) is 0 Å². The van der Waals surface area contributed by atoms with Crippen LogP contribution in [0.1, 0.15) is 43.9 Å². The van der Waals surface area contributed by atoms with Crippen LogP contribution in [0.25, 0.3) is 0 Å². The normalized spacial score (nSPS) is 12.6. The highest BCUT2D eigenvalue weighted by Gasteiger charge is 2.33. The van der Waals surface area contributed by atoms with Gasteiger partial charge in [-0.3, -0.25) is 13.9 Å². The summed E-state index contributed by atoms with van der Waals surface area (Å²) in [6.07, 6.45) is 0.733. The van der Waals surface area contributed by atoms with Gasteiger partial charge in [-0.15, -0.1) is 0 Å². The molecule has 0 aliphatic carbocycles. The third-order valence-electron chi connectivity index (χ3n) is 7.60. The summed E-state index contributed by atoms with van der Waals surface area (Å²) in [5.41, 5.74) is 3.04. The van der Waals surface area contributed by atoms with Crippen molar-refractivity contribution in [3.05, 3.63) is 120 Å². The van der Waals surface area contributed by atoms with Gasteiger partial charge in [0.05, 0.1) is 10.6 Å². The van der Waals surface area contributed by atoms with Crippen LogP contribution in [0, 0.1) is 13.8 Å². The van der Waals surface area contributed by atoms with Crippen molar-refractivity contribution >= 4 is 27.5 Å². The van der Waals surface area contributed by atoms with Crippen LogP contribution in [0.3, 0.4) is 0 Å². The first-order chi connectivity index (χ1) is 21.5. The second kappa shape index (κ2) is 14.9. The average Bonchev–Trinajstić information content (AvgIpc) is 3.03. The summed E-state index contributed by atoms with van der Waals surface area (Å²) in [6, 6.07) is 29.1. The molecule has 0 heterocycles. The summed E-state index contributed by atoms with van der Waals surface area (Å²) >= 11 is 0. The number of nitrogens with zero attached hydrogens (tertiary/aromatic N) is 2. The van der Waals surface area contributed by atoms with Crippen LogP contribution in [0.5, 0.6) is 11.5 Å². The molecule has 4 aromatic rings. The molecule has 0 aromatic heterocycles. The van der Waals surface area contributed by atoms with E-state index in [-0.39, 0.29) is 29.1 Å². The molecule has 2 amide bonds. The number of rotatable bonds is 13. The zero-order valence-corrected chi connectivity index (χ0v) is 27.3. The topological polar surface area (TPSA) is 96.0 Å². The van der Waals surface area contributed by atoms with Crippen molar-refractivity contribution < 1.29 is 22.7 Å². The van der Waals surface area contributed by atoms with Crippen molar-refractivity contribution in [2.24, 2.45) is 0 Å². The predicted molar refractivity (Wildman–Crippen MR) is 178 cm³/mol. The lowest BCUT2D eigenvalue weighted by Gasteiger charge is -2.32. The molecule has 0 aliphatic heterocycles. The minimum absolute atomic E-state index is 0.0540. The molecule has 1 N–H and O–H groups in total. The van der Waals surface area contributed by atoms with Crippen LogP contribution in [-0.4, -0.2) is 43.8 Å². The summed E-state index contributed by atoms with van der Waals surface area (Å²) in [6.45, 7) is 8.99. The Bertz CT molecular complexity index is 1690. The van der Waals surface area contributed by atoms with Gasteiger partial charge in [0, 0.05) is 12.6 Å². The minimum atomic E-state index is -4.18. The van der Waals surface area contributed by atoms with Crippen LogP contribution in [0.15, 0.2) is 108 Å². The number of nitrogens with one attached hydrogen (secondary N) is 1. The van der Waals surface area contributed by atoms with Gasteiger partial charge in [-0.2, -0.15) is 0 Å². The molecule has 4 rings (SSSR count). The molecule has 2 atom stereocenters. The summed E-state index contributed by atoms with van der Waals surface area (Å²) in [5, 5.41) is 2.96. The fourth-order valence-corrected chi connectivity index (χ4v) is 6.14. The maximum atomic E-state index is 14.2. The van der Waals surface area contributed by atoms with Gasteiger partial charge in [0.2, 0.25) is 11.8 Å². The maximum absolute atomic E-state index is 14.2. The number of benzene rings is 4. The molecule has 0 radical (unpaired) electrons. The highest BCUT2D eigenvalue weighted by Crippen LogP contribution is 2.29. The Hall–Kier alpha value is -4.63. The number of sulfonamides is 1. The lowest BCUT2D eigenvalue weighted by atomic mass is 10.1. The second-order valence-electron chi connectivity index (χ2n) is 11.2. The molecule has 0 aliphatic rings. The predicted octanol–water partition coefficient (Wildman–Crippen LogP) is 6.62. The Morgan fingerprint density at radius 3 is 2.07 bits per heavy atom. The molecule has 9 heteroatoms. The first-order valence-electron chi connectivity index (χ1n) is 15.1.